The summed E-state index contributed by atoms with van der Waals surface area (Å²) in [7, 11) is 0. The summed E-state index contributed by atoms with van der Waals surface area (Å²) in [4.78, 5) is 12.4. The molecule has 0 bridgehead atoms. The average molecular weight is 398 g/mol. The van der Waals surface area contributed by atoms with E-state index in [-0.39, 0.29) is 5.91 Å². The van der Waals surface area contributed by atoms with Gasteiger partial charge in [0.15, 0.2) is 0 Å². The van der Waals surface area contributed by atoms with E-state index in [1.165, 1.54) is 29.8 Å². The third-order valence-corrected chi connectivity index (χ3v) is 7.20. The highest BCUT2D eigenvalue weighted by Crippen LogP contribution is 2.44. The first-order valence-corrected chi connectivity index (χ1v) is 10.8. The lowest BCUT2D eigenvalue weighted by molar-refractivity contribution is -0.115. The lowest BCUT2D eigenvalue weighted by Crippen LogP contribution is -2.14. The molecule has 2 heterocycles. The molecule has 0 radical (unpaired) electrons. The molecule has 1 fully saturated rings. The lowest BCUT2D eigenvalue weighted by atomic mass is 10.1. The van der Waals surface area contributed by atoms with Crippen LogP contribution in [0.4, 0.5) is 5.69 Å². The number of carbonyl (C=O) groups is 1. The van der Waals surface area contributed by atoms with Gasteiger partial charge in [0.2, 0.25) is 5.91 Å². The topological polar surface area (TPSA) is 72.7 Å². The number of hydrogen-bond acceptors (Lipinski definition) is 6. The third kappa shape index (κ3) is 4.70. The normalized spacial score (nSPS) is 14.8. The van der Waals surface area contributed by atoms with Crippen LogP contribution in [0, 0.1) is 0 Å². The van der Waals surface area contributed by atoms with Crippen LogP contribution in [-0.2, 0) is 11.2 Å². The zero-order valence-corrected chi connectivity index (χ0v) is 16.2. The molecule has 138 valence electrons. The van der Waals surface area contributed by atoms with Crippen molar-refractivity contribution in [2.24, 2.45) is 0 Å². The molecule has 27 heavy (non-hydrogen) atoms. The van der Waals surface area contributed by atoms with Gasteiger partial charge in [-0.25, -0.2) is 4.68 Å². The van der Waals surface area contributed by atoms with Crippen LogP contribution in [0.25, 0.3) is 5.69 Å². The first-order chi connectivity index (χ1) is 13.3. The fraction of sp³-hybridized carbons (Fsp3) is 0.263. The van der Waals surface area contributed by atoms with Gasteiger partial charge < -0.3 is 5.32 Å². The molecular weight excluding hydrogens is 378 g/mol. The molecule has 8 heteroatoms. The highest BCUT2D eigenvalue weighted by molar-refractivity contribution is 8.16. The number of nitrogens with one attached hydrogen (secondary N) is 1. The maximum Gasteiger partial charge on any atom is 0.228 e. The van der Waals surface area contributed by atoms with Gasteiger partial charge in [0.05, 0.1) is 16.7 Å². The summed E-state index contributed by atoms with van der Waals surface area (Å²) in [6.45, 7) is 0. The molecule has 6 nitrogen and oxygen atoms in total. The van der Waals surface area contributed by atoms with Gasteiger partial charge in [-0.05, 0) is 63.7 Å². The van der Waals surface area contributed by atoms with Crippen molar-refractivity contribution >= 4 is 35.1 Å². The van der Waals surface area contributed by atoms with Crippen LogP contribution in [0.15, 0.2) is 54.9 Å². The Balaban J connectivity index is 1.38. The fourth-order valence-corrected chi connectivity index (χ4v) is 5.75. The van der Waals surface area contributed by atoms with Crippen molar-refractivity contribution in [2.75, 3.05) is 16.8 Å². The summed E-state index contributed by atoms with van der Waals surface area (Å²) in [5.41, 5.74) is 3.93. The van der Waals surface area contributed by atoms with Crippen LogP contribution in [0.1, 0.15) is 22.1 Å². The number of amides is 1. The van der Waals surface area contributed by atoms with E-state index in [1.54, 1.807) is 4.68 Å². The van der Waals surface area contributed by atoms with Gasteiger partial charge in [-0.15, -0.1) is 28.6 Å². The zero-order chi connectivity index (χ0) is 18.5. The van der Waals surface area contributed by atoms with Crippen LogP contribution >= 0.6 is 23.5 Å². The Labute approximate surface area is 166 Å². The first-order valence-electron chi connectivity index (χ1n) is 8.73. The second-order valence-corrected chi connectivity index (χ2v) is 8.92. The molecular formula is C19H19N5OS2. The third-order valence-electron chi connectivity index (χ3n) is 4.18. The van der Waals surface area contributed by atoms with E-state index in [1.807, 2.05) is 59.9 Å². The van der Waals surface area contributed by atoms with Crippen molar-refractivity contribution < 1.29 is 4.79 Å². The number of anilines is 1. The summed E-state index contributed by atoms with van der Waals surface area (Å²) in [6, 6.07) is 15.8. The second kappa shape index (κ2) is 8.58. The highest BCUT2D eigenvalue weighted by atomic mass is 32.2. The van der Waals surface area contributed by atoms with Crippen molar-refractivity contribution in [1.82, 2.24) is 20.2 Å². The van der Waals surface area contributed by atoms with Gasteiger partial charge in [0.25, 0.3) is 0 Å². The second-order valence-electron chi connectivity index (χ2n) is 6.20. The Hall–Kier alpha value is -2.32. The number of tetrazole rings is 1. The number of thioether (sulfide) groups is 2. The summed E-state index contributed by atoms with van der Waals surface area (Å²) in [6.07, 6.45) is 3.14. The smallest absolute Gasteiger partial charge is 0.228 e. The molecule has 1 aromatic heterocycles. The lowest BCUT2D eigenvalue weighted by Gasteiger charge is -2.21. The fourth-order valence-electron chi connectivity index (χ4n) is 2.88. The van der Waals surface area contributed by atoms with E-state index in [2.05, 4.69) is 33.0 Å². The van der Waals surface area contributed by atoms with E-state index in [9.17, 15) is 4.79 Å². The number of carbonyl (C=O) groups excluding carboxylic acids is 1. The Morgan fingerprint density at radius 1 is 1.15 bits per heavy atom. The van der Waals surface area contributed by atoms with E-state index < -0.39 is 0 Å². The molecule has 0 saturated carbocycles. The minimum absolute atomic E-state index is 0.0220. The predicted molar refractivity (Wildman–Crippen MR) is 110 cm³/mol. The molecule has 0 unspecified atom stereocenters. The maximum absolute atomic E-state index is 12.4. The quantitative estimate of drug-likeness (QED) is 0.708. The van der Waals surface area contributed by atoms with E-state index >= 15 is 0 Å². The highest BCUT2D eigenvalue weighted by Gasteiger charge is 2.17. The van der Waals surface area contributed by atoms with Gasteiger partial charge in [-0.2, -0.15) is 0 Å². The van der Waals surface area contributed by atoms with E-state index in [0.717, 1.165) is 16.9 Å². The molecule has 1 N–H and O–H groups in total. The molecule has 0 aliphatic carbocycles. The van der Waals surface area contributed by atoms with Crippen molar-refractivity contribution in [3.05, 3.63) is 66.0 Å². The number of hydrogen-bond donors (Lipinski definition) is 1. The maximum atomic E-state index is 12.4. The predicted octanol–water partition coefficient (Wildman–Crippen LogP) is 3.71. The molecule has 2 aromatic carbocycles. The molecule has 0 spiro atoms. The van der Waals surface area contributed by atoms with Gasteiger partial charge in [-0.1, -0.05) is 24.3 Å². The van der Waals surface area contributed by atoms with Crippen molar-refractivity contribution in [3.63, 3.8) is 0 Å². The Morgan fingerprint density at radius 3 is 2.70 bits per heavy atom. The van der Waals surface area contributed by atoms with Gasteiger partial charge in [0, 0.05) is 5.69 Å². The van der Waals surface area contributed by atoms with Crippen LogP contribution in [0.5, 0.6) is 0 Å². The van der Waals surface area contributed by atoms with Crippen LogP contribution in [0.3, 0.4) is 0 Å². The van der Waals surface area contributed by atoms with Crippen molar-refractivity contribution in [3.8, 4) is 5.69 Å². The molecule has 0 atom stereocenters. The van der Waals surface area contributed by atoms with Crippen LogP contribution < -0.4 is 5.32 Å². The summed E-state index contributed by atoms with van der Waals surface area (Å²) >= 11 is 3.96. The Kier molecular flexibility index (Phi) is 5.74. The molecule has 1 saturated heterocycles. The van der Waals surface area contributed by atoms with E-state index in [0.29, 0.717) is 11.0 Å². The number of nitrogens with zero attached hydrogens (tertiary/aromatic N) is 4. The molecule has 3 aromatic rings. The van der Waals surface area contributed by atoms with Crippen molar-refractivity contribution in [1.29, 1.82) is 0 Å². The minimum Gasteiger partial charge on any atom is -0.326 e. The summed E-state index contributed by atoms with van der Waals surface area (Å²) in [5.74, 6) is 2.38. The van der Waals surface area contributed by atoms with Gasteiger partial charge in [-0.3, -0.25) is 4.79 Å². The van der Waals surface area contributed by atoms with E-state index in [4.69, 9.17) is 0 Å². The van der Waals surface area contributed by atoms with Crippen LogP contribution in [-0.4, -0.2) is 37.6 Å². The first kappa shape index (κ1) is 18.1. The molecule has 4 rings (SSSR count). The average Bonchev–Trinajstić information content (AvgIpc) is 3.24. The van der Waals surface area contributed by atoms with Gasteiger partial charge >= 0.3 is 0 Å². The summed E-state index contributed by atoms with van der Waals surface area (Å²) < 4.78 is 2.05. The Bertz CT molecular complexity index is 893. The molecule has 1 amide bonds. The number of aromatic nitrogens is 4. The SMILES string of the molecule is O=C(Cc1ccc(-n2cnnn2)cc1)Nc1cccc(C2SCCCS2)c1. The van der Waals surface area contributed by atoms with Crippen LogP contribution in [0.2, 0.25) is 0 Å². The minimum atomic E-state index is -0.0220. The Morgan fingerprint density at radius 2 is 1.96 bits per heavy atom. The monoisotopic (exact) mass is 397 g/mol. The van der Waals surface area contributed by atoms with Gasteiger partial charge in [0.1, 0.15) is 6.33 Å². The summed E-state index contributed by atoms with van der Waals surface area (Å²) in [5, 5.41) is 14.1. The number of rotatable bonds is 5. The largest absolute Gasteiger partial charge is 0.326 e. The number of benzene rings is 2. The molecule has 1 aliphatic heterocycles. The zero-order valence-electron chi connectivity index (χ0n) is 14.6. The molecule has 1 aliphatic rings. The standard InChI is InChI=1S/C19H19N5OS2/c25-18(11-14-5-7-17(8-6-14)24-13-20-22-23-24)21-16-4-1-3-15(12-16)19-26-9-2-10-27-19/h1,3-8,12-13,19H,2,9-11H2,(H,21,25). The van der Waals surface area contributed by atoms with Crippen molar-refractivity contribution in [2.45, 2.75) is 17.4 Å².